The second-order valence-electron chi connectivity index (χ2n) is 6.37. The van der Waals surface area contributed by atoms with Crippen LogP contribution < -0.4 is 0 Å². The summed E-state index contributed by atoms with van der Waals surface area (Å²) in [7, 11) is 1.93. The molecule has 2 aromatic carbocycles. The molecule has 0 fully saturated rings. The zero-order valence-electron chi connectivity index (χ0n) is 15.3. The van der Waals surface area contributed by atoms with Gasteiger partial charge in [0.2, 0.25) is 0 Å². The van der Waals surface area contributed by atoms with Crippen molar-refractivity contribution < 1.29 is 4.79 Å². The molecule has 134 valence electrons. The maximum Gasteiger partial charge on any atom is 0.191 e. The standard InChI is InChI=1S/C21H23N3OS/c1-4-15(2)16-10-12-17(13-11-16)19(25)14-26-21-23-22-20(24(21)3)18-8-6-5-7-9-18/h5-13,15H,4,14H2,1-3H3/t15-/m0/s1. The average Bonchev–Trinajstić information content (AvgIpc) is 3.06. The number of nitrogens with zero attached hydrogens (tertiary/aromatic N) is 3. The normalized spacial score (nSPS) is 12.1. The van der Waals surface area contributed by atoms with E-state index in [0.717, 1.165) is 28.5 Å². The maximum absolute atomic E-state index is 12.5. The maximum atomic E-state index is 12.5. The molecule has 0 saturated heterocycles. The lowest BCUT2D eigenvalue weighted by atomic mass is 9.97. The first-order chi connectivity index (χ1) is 12.6. The summed E-state index contributed by atoms with van der Waals surface area (Å²) in [6.45, 7) is 4.37. The lowest BCUT2D eigenvalue weighted by molar-refractivity contribution is 0.102. The SMILES string of the molecule is CC[C@H](C)c1ccc(C(=O)CSc2nnc(-c3ccccc3)n2C)cc1. The highest BCUT2D eigenvalue weighted by Crippen LogP contribution is 2.24. The number of carbonyl (C=O) groups excluding carboxylic acids is 1. The van der Waals surface area contributed by atoms with E-state index in [-0.39, 0.29) is 5.78 Å². The molecular formula is C21H23N3OS. The molecule has 1 heterocycles. The Morgan fingerprint density at radius 2 is 1.77 bits per heavy atom. The molecule has 26 heavy (non-hydrogen) atoms. The fourth-order valence-corrected chi connectivity index (χ4v) is 3.53. The predicted octanol–water partition coefficient (Wildman–Crippen LogP) is 4.97. The zero-order chi connectivity index (χ0) is 18.5. The molecule has 0 radical (unpaired) electrons. The van der Waals surface area contributed by atoms with Crippen LogP contribution in [-0.2, 0) is 7.05 Å². The van der Waals surface area contributed by atoms with Gasteiger partial charge in [-0.25, -0.2) is 0 Å². The molecule has 0 bridgehead atoms. The van der Waals surface area contributed by atoms with Crippen LogP contribution in [0.25, 0.3) is 11.4 Å². The third-order valence-corrected chi connectivity index (χ3v) is 5.63. The lowest BCUT2D eigenvalue weighted by Crippen LogP contribution is -2.04. The number of rotatable bonds is 7. The Labute approximate surface area is 158 Å². The summed E-state index contributed by atoms with van der Waals surface area (Å²) in [5.74, 6) is 1.78. The van der Waals surface area contributed by atoms with Gasteiger partial charge in [-0.3, -0.25) is 4.79 Å². The van der Waals surface area contributed by atoms with Crippen molar-refractivity contribution in [3.63, 3.8) is 0 Å². The molecule has 3 aromatic rings. The van der Waals surface area contributed by atoms with Crippen LogP contribution in [0.4, 0.5) is 0 Å². The molecule has 3 rings (SSSR count). The third-order valence-electron chi connectivity index (χ3n) is 4.61. The number of benzene rings is 2. The summed E-state index contributed by atoms with van der Waals surface area (Å²) in [5, 5.41) is 9.23. The molecule has 1 atom stereocenters. The summed E-state index contributed by atoms with van der Waals surface area (Å²) in [6.07, 6.45) is 1.10. The van der Waals surface area contributed by atoms with Gasteiger partial charge in [0.05, 0.1) is 5.75 Å². The minimum absolute atomic E-state index is 0.106. The van der Waals surface area contributed by atoms with E-state index in [2.05, 4.69) is 36.2 Å². The molecule has 5 heteroatoms. The van der Waals surface area contributed by atoms with Gasteiger partial charge in [-0.05, 0) is 17.9 Å². The van der Waals surface area contributed by atoms with Crippen molar-refractivity contribution in [3.8, 4) is 11.4 Å². The number of hydrogen-bond donors (Lipinski definition) is 0. The van der Waals surface area contributed by atoms with Crippen LogP contribution in [0, 0.1) is 0 Å². The summed E-state index contributed by atoms with van der Waals surface area (Å²) in [6, 6.07) is 17.9. The van der Waals surface area contributed by atoms with Gasteiger partial charge in [0.1, 0.15) is 0 Å². The molecule has 0 aliphatic rings. The second-order valence-corrected chi connectivity index (χ2v) is 7.32. The molecule has 0 N–H and O–H groups in total. The first-order valence-electron chi connectivity index (χ1n) is 8.81. The number of carbonyl (C=O) groups is 1. The van der Waals surface area contributed by atoms with E-state index in [1.807, 2.05) is 54.1 Å². The molecule has 0 aliphatic heterocycles. The van der Waals surface area contributed by atoms with Gasteiger partial charge in [-0.1, -0.05) is 80.2 Å². The Morgan fingerprint density at radius 3 is 2.42 bits per heavy atom. The van der Waals surface area contributed by atoms with Gasteiger partial charge >= 0.3 is 0 Å². The highest BCUT2D eigenvalue weighted by Gasteiger charge is 2.14. The third kappa shape index (κ3) is 4.05. The van der Waals surface area contributed by atoms with E-state index in [4.69, 9.17) is 0 Å². The Morgan fingerprint density at radius 1 is 1.08 bits per heavy atom. The van der Waals surface area contributed by atoms with Crippen molar-refractivity contribution in [2.45, 2.75) is 31.3 Å². The molecule has 0 unspecified atom stereocenters. The van der Waals surface area contributed by atoms with E-state index in [1.165, 1.54) is 17.3 Å². The summed E-state index contributed by atoms with van der Waals surface area (Å²) < 4.78 is 1.93. The highest BCUT2D eigenvalue weighted by molar-refractivity contribution is 7.99. The van der Waals surface area contributed by atoms with E-state index >= 15 is 0 Å². The fraction of sp³-hybridized carbons (Fsp3) is 0.286. The van der Waals surface area contributed by atoms with Gasteiger partial charge in [-0.15, -0.1) is 10.2 Å². The number of ketones is 1. The molecular weight excluding hydrogens is 342 g/mol. The Balaban J connectivity index is 1.66. The van der Waals surface area contributed by atoms with Crippen LogP contribution in [0.2, 0.25) is 0 Å². The van der Waals surface area contributed by atoms with Crippen molar-refractivity contribution in [1.82, 2.24) is 14.8 Å². The Bertz CT molecular complexity index is 872. The van der Waals surface area contributed by atoms with E-state index < -0.39 is 0 Å². The fourth-order valence-electron chi connectivity index (χ4n) is 2.73. The van der Waals surface area contributed by atoms with Gasteiger partial charge in [-0.2, -0.15) is 0 Å². The van der Waals surface area contributed by atoms with Crippen molar-refractivity contribution in [1.29, 1.82) is 0 Å². The quantitative estimate of drug-likeness (QED) is 0.438. The van der Waals surface area contributed by atoms with E-state index in [9.17, 15) is 4.79 Å². The highest BCUT2D eigenvalue weighted by atomic mass is 32.2. The summed E-state index contributed by atoms with van der Waals surface area (Å²) in [5.41, 5.74) is 3.04. The first kappa shape index (κ1) is 18.4. The molecule has 4 nitrogen and oxygen atoms in total. The van der Waals surface area contributed by atoms with Crippen molar-refractivity contribution >= 4 is 17.5 Å². The largest absolute Gasteiger partial charge is 0.305 e. The van der Waals surface area contributed by atoms with E-state index in [1.54, 1.807) is 0 Å². The molecule has 0 saturated carbocycles. The van der Waals surface area contributed by atoms with Crippen LogP contribution in [0.15, 0.2) is 59.8 Å². The number of hydrogen-bond acceptors (Lipinski definition) is 4. The van der Waals surface area contributed by atoms with Gasteiger partial charge < -0.3 is 4.57 Å². The monoisotopic (exact) mass is 365 g/mol. The molecule has 1 aromatic heterocycles. The van der Waals surface area contributed by atoms with Crippen LogP contribution in [0.5, 0.6) is 0 Å². The molecule has 0 spiro atoms. The second kappa shape index (κ2) is 8.32. The zero-order valence-corrected chi connectivity index (χ0v) is 16.2. The minimum Gasteiger partial charge on any atom is -0.305 e. The van der Waals surface area contributed by atoms with Crippen molar-refractivity contribution in [2.75, 3.05) is 5.75 Å². The topological polar surface area (TPSA) is 47.8 Å². The average molecular weight is 366 g/mol. The smallest absolute Gasteiger partial charge is 0.191 e. The number of Topliss-reactive ketones (excluding diaryl/α,β-unsaturated/α-hetero) is 1. The van der Waals surface area contributed by atoms with Crippen LogP contribution in [0.1, 0.15) is 42.1 Å². The Kier molecular flexibility index (Phi) is 5.89. The first-order valence-corrected chi connectivity index (χ1v) is 9.79. The minimum atomic E-state index is 0.106. The summed E-state index contributed by atoms with van der Waals surface area (Å²) >= 11 is 1.42. The van der Waals surface area contributed by atoms with Gasteiger partial charge in [0.15, 0.2) is 16.8 Å². The summed E-state index contributed by atoms with van der Waals surface area (Å²) in [4.78, 5) is 12.5. The number of aromatic nitrogens is 3. The van der Waals surface area contributed by atoms with Crippen molar-refractivity contribution in [2.24, 2.45) is 7.05 Å². The lowest BCUT2D eigenvalue weighted by Gasteiger charge is -2.09. The van der Waals surface area contributed by atoms with Crippen LogP contribution >= 0.6 is 11.8 Å². The van der Waals surface area contributed by atoms with Gasteiger partial charge in [0, 0.05) is 18.2 Å². The molecule has 0 aliphatic carbocycles. The molecule has 0 amide bonds. The number of thioether (sulfide) groups is 1. The Hall–Kier alpha value is -2.40. The van der Waals surface area contributed by atoms with Crippen LogP contribution in [-0.4, -0.2) is 26.3 Å². The van der Waals surface area contributed by atoms with Crippen LogP contribution in [0.3, 0.4) is 0 Å². The van der Waals surface area contributed by atoms with Gasteiger partial charge in [0.25, 0.3) is 0 Å². The van der Waals surface area contributed by atoms with E-state index in [0.29, 0.717) is 11.7 Å². The predicted molar refractivity (Wildman–Crippen MR) is 107 cm³/mol. The van der Waals surface area contributed by atoms with Crippen molar-refractivity contribution in [3.05, 3.63) is 65.7 Å².